The molecule has 2 amide bonds. The summed E-state index contributed by atoms with van der Waals surface area (Å²) in [6, 6.07) is -0.425. The Labute approximate surface area is 102 Å². The lowest BCUT2D eigenvalue weighted by Gasteiger charge is -2.23. The number of nitrogens with zero attached hydrogens (tertiary/aromatic N) is 1. The van der Waals surface area contributed by atoms with Gasteiger partial charge in [0.1, 0.15) is 6.54 Å². The topological polar surface area (TPSA) is 78.9 Å². The number of carbonyl (C=O) groups is 2. The van der Waals surface area contributed by atoms with Crippen molar-refractivity contribution in [2.24, 2.45) is 0 Å². The molecule has 0 aromatic heterocycles. The minimum absolute atomic E-state index is 0.0691. The fourth-order valence-electron chi connectivity index (χ4n) is 1.50. The highest BCUT2D eigenvalue weighted by molar-refractivity contribution is 5.80. The highest BCUT2D eigenvalue weighted by Crippen LogP contribution is 1.99. The van der Waals surface area contributed by atoms with Gasteiger partial charge in [-0.3, -0.25) is 4.79 Å². The van der Waals surface area contributed by atoms with E-state index >= 15 is 0 Å². The molecule has 0 fully saturated rings. The molecule has 2 N–H and O–H groups in total. The predicted molar refractivity (Wildman–Crippen MR) is 64.0 cm³/mol. The van der Waals surface area contributed by atoms with Crippen molar-refractivity contribution in [2.75, 3.05) is 26.8 Å². The average Bonchev–Trinajstić information content (AvgIpc) is 2.26. The Hall–Kier alpha value is -1.30. The highest BCUT2D eigenvalue weighted by atomic mass is 16.5. The Bertz CT molecular complexity index is 240. The van der Waals surface area contributed by atoms with E-state index in [0.717, 1.165) is 12.8 Å². The molecule has 17 heavy (non-hydrogen) atoms. The number of aliphatic carboxylic acids is 1. The lowest BCUT2D eigenvalue weighted by Crippen LogP contribution is -2.47. The van der Waals surface area contributed by atoms with E-state index in [0.29, 0.717) is 13.2 Å². The van der Waals surface area contributed by atoms with Crippen LogP contribution < -0.4 is 5.32 Å². The Balaban J connectivity index is 4.29. The van der Waals surface area contributed by atoms with Gasteiger partial charge in [-0.05, 0) is 13.3 Å². The molecule has 100 valence electrons. The Morgan fingerprint density at radius 2 is 2.06 bits per heavy atom. The molecule has 6 nitrogen and oxygen atoms in total. The summed E-state index contributed by atoms with van der Waals surface area (Å²) >= 11 is 0. The second kappa shape index (κ2) is 8.81. The third-order valence-corrected chi connectivity index (χ3v) is 2.33. The van der Waals surface area contributed by atoms with Crippen LogP contribution in [0.1, 0.15) is 26.7 Å². The van der Waals surface area contributed by atoms with Crippen LogP contribution in [0.25, 0.3) is 0 Å². The normalized spacial score (nSPS) is 11.9. The molecule has 0 aliphatic carbocycles. The van der Waals surface area contributed by atoms with Gasteiger partial charge in [0.15, 0.2) is 0 Å². The van der Waals surface area contributed by atoms with Gasteiger partial charge in [-0.1, -0.05) is 13.3 Å². The number of urea groups is 1. The smallest absolute Gasteiger partial charge is 0.323 e. The van der Waals surface area contributed by atoms with Crippen molar-refractivity contribution in [2.45, 2.75) is 32.7 Å². The zero-order valence-corrected chi connectivity index (χ0v) is 10.7. The SMILES string of the molecule is CCCC(COC)NC(=O)N(CC)CC(=O)O. The Morgan fingerprint density at radius 1 is 1.41 bits per heavy atom. The molecule has 0 aromatic rings. The summed E-state index contributed by atoms with van der Waals surface area (Å²) in [4.78, 5) is 23.6. The van der Waals surface area contributed by atoms with E-state index in [1.165, 1.54) is 4.90 Å². The zero-order chi connectivity index (χ0) is 13.3. The molecule has 0 rings (SSSR count). The molecule has 0 aliphatic heterocycles. The van der Waals surface area contributed by atoms with Gasteiger partial charge in [0, 0.05) is 13.7 Å². The number of likely N-dealkylation sites (N-methyl/N-ethyl adjacent to an activating group) is 1. The molecular weight excluding hydrogens is 224 g/mol. The van der Waals surface area contributed by atoms with Gasteiger partial charge >= 0.3 is 12.0 Å². The summed E-state index contributed by atoms with van der Waals surface area (Å²) in [7, 11) is 1.57. The molecule has 0 radical (unpaired) electrons. The summed E-state index contributed by atoms with van der Waals surface area (Å²) in [5.74, 6) is -1.01. The van der Waals surface area contributed by atoms with E-state index in [4.69, 9.17) is 9.84 Å². The van der Waals surface area contributed by atoms with Gasteiger partial charge in [0.05, 0.1) is 12.6 Å². The van der Waals surface area contributed by atoms with Gasteiger partial charge in [-0.2, -0.15) is 0 Å². The number of hydrogen-bond donors (Lipinski definition) is 2. The van der Waals surface area contributed by atoms with Gasteiger partial charge < -0.3 is 20.1 Å². The highest BCUT2D eigenvalue weighted by Gasteiger charge is 2.18. The van der Waals surface area contributed by atoms with Crippen LogP contribution in [-0.4, -0.2) is 54.9 Å². The summed E-state index contributed by atoms with van der Waals surface area (Å²) in [6.07, 6.45) is 1.74. The van der Waals surface area contributed by atoms with Crippen LogP contribution in [0.4, 0.5) is 4.79 Å². The van der Waals surface area contributed by atoms with Crippen LogP contribution in [0.2, 0.25) is 0 Å². The molecule has 1 atom stereocenters. The lowest BCUT2D eigenvalue weighted by atomic mass is 10.2. The van der Waals surface area contributed by atoms with Crippen molar-refractivity contribution < 1.29 is 19.4 Å². The first-order valence-electron chi connectivity index (χ1n) is 5.81. The van der Waals surface area contributed by atoms with Gasteiger partial charge in [0.25, 0.3) is 0 Å². The van der Waals surface area contributed by atoms with E-state index < -0.39 is 5.97 Å². The minimum Gasteiger partial charge on any atom is -0.480 e. The van der Waals surface area contributed by atoms with E-state index in [9.17, 15) is 9.59 Å². The number of nitrogens with one attached hydrogen (secondary N) is 1. The first-order valence-corrected chi connectivity index (χ1v) is 5.81. The quantitative estimate of drug-likeness (QED) is 0.667. The molecule has 0 heterocycles. The number of rotatable bonds is 8. The minimum atomic E-state index is -1.01. The number of hydrogen-bond acceptors (Lipinski definition) is 3. The van der Waals surface area contributed by atoms with Gasteiger partial charge in [-0.25, -0.2) is 4.79 Å². The summed E-state index contributed by atoms with van der Waals surface area (Å²) in [6.45, 7) is 4.28. The molecule has 0 saturated carbocycles. The van der Waals surface area contributed by atoms with Crippen molar-refractivity contribution in [3.8, 4) is 0 Å². The van der Waals surface area contributed by atoms with Crippen molar-refractivity contribution in [3.63, 3.8) is 0 Å². The van der Waals surface area contributed by atoms with E-state index in [1.54, 1.807) is 14.0 Å². The Morgan fingerprint density at radius 3 is 2.47 bits per heavy atom. The third kappa shape index (κ3) is 6.78. The van der Waals surface area contributed by atoms with Crippen molar-refractivity contribution in [1.29, 1.82) is 0 Å². The van der Waals surface area contributed by atoms with Crippen molar-refractivity contribution >= 4 is 12.0 Å². The van der Waals surface area contributed by atoms with E-state index in [2.05, 4.69) is 5.32 Å². The first-order chi connectivity index (χ1) is 8.04. The summed E-state index contributed by atoms with van der Waals surface area (Å²) < 4.78 is 5.00. The van der Waals surface area contributed by atoms with Crippen LogP contribution in [-0.2, 0) is 9.53 Å². The zero-order valence-electron chi connectivity index (χ0n) is 10.7. The largest absolute Gasteiger partial charge is 0.480 e. The second-order valence-corrected chi connectivity index (χ2v) is 3.80. The summed E-state index contributed by atoms with van der Waals surface area (Å²) in [5, 5.41) is 11.4. The predicted octanol–water partition coefficient (Wildman–Crippen LogP) is 0.918. The van der Waals surface area contributed by atoms with Gasteiger partial charge in [-0.15, -0.1) is 0 Å². The Kier molecular flexibility index (Phi) is 8.13. The van der Waals surface area contributed by atoms with Gasteiger partial charge in [0.2, 0.25) is 0 Å². The fraction of sp³-hybridized carbons (Fsp3) is 0.818. The molecule has 0 spiro atoms. The van der Waals surface area contributed by atoms with E-state index in [1.807, 2.05) is 6.92 Å². The molecule has 0 bridgehead atoms. The summed E-state index contributed by atoms with van der Waals surface area (Å²) in [5.41, 5.74) is 0. The van der Waals surface area contributed by atoms with Crippen LogP contribution in [0.15, 0.2) is 0 Å². The number of ether oxygens (including phenoxy) is 1. The number of carbonyl (C=O) groups excluding carboxylic acids is 1. The second-order valence-electron chi connectivity index (χ2n) is 3.80. The maximum Gasteiger partial charge on any atom is 0.323 e. The van der Waals surface area contributed by atoms with Crippen LogP contribution >= 0.6 is 0 Å². The first kappa shape index (κ1) is 15.7. The maximum atomic E-state index is 11.8. The average molecular weight is 246 g/mol. The molecule has 0 aromatic carbocycles. The standard InChI is InChI=1S/C11H22N2O4/c1-4-6-9(8-17-3)12-11(16)13(5-2)7-10(14)15/h9H,4-8H2,1-3H3,(H,12,16)(H,14,15). The molecular formula is C11H22N2O4. The maximum absolute atomic E-state index is 11.8. The molecule has 1 unspecified atom stereocenters. The fourth-order valence-corrected chi connectivity index (χ4v) is 1.50. The van der Waals surface area contributed by atoms with Crippen molar-refractivity contribution in [3.05, 3.63) is 0 Å². The lowest BCUT2D eigenvalue weighted by molar-refractivity contribution is -0.137. The monoisotopic (exact) mass is 246 g/mol. The number of carboxylic acid groups (broad SMARTS) is 1. The number of carboxylic acids is 1. The van der Waals surface area contributed by atoms with Crippen LogP contribution in [0.5, 0.6) is 0 Å². The molecule has 6 heteroatoms. The molecule has 0 saturated heterocycles. The molecule has 0 aliphatic rings. The van der Waals surface area contributed by atoms with E-state index in [-0.39, 0.29) is 18.6 Å². The van der Waals surface area contributed by atoms with Crippen LogP contribution in [0, 0.1) is 0 Å². The number of amides is 2. The third-order valence-electron chi connectivity index (χ3n) is 2.33. The number of methoxy groups -OCH3 is 1. The van der Waals surface area contributed by atoms with Crippen LogP contribution in [0.3, 0.4) is 0 Å². The van der Waals surface area contributed by atoms with Crippen molar-refractivity contribution in [1.82, 2.24) is 10.2 Å².